The predicted molar refractivity (Wildman–Crippen MR) is 42.3 cm³/mol. The molecule has 64 valence electrons. The molecule has 2 atom stereocenters. The number of hydrogen-bond acceptors (Lipinski definition) is 2. The van der Waals surface area contributed by atoms with Crippen LogP contribution >= 0.6 is 0 Å². The molecule has 2 aliphatic rings. The van der Waals surface area contributed by atoms with Crippen LogP contribution in [0.5, 0.6) is 0 Å². The number of halogens is 1. The summed E-state index contributed by atoms with van der Waals surface area (Å²) in [6.07, 6.45) is 0. The number of nitrogens with one attached hydrogen (secondary N) is 1. The van der Waals surface area contributed by atoms with Gasteiger partial charge in [0.25, 0.3) is 0 Å². The van der Waals surface area contributed by atoms with Gasteiger partial charge in [-0.05, 0) is 24.9 Å². The molecule has 2 rings (SSSR count). The minimum absolute atomic E-state index is 0.188. The third-order valence-electron chi connectivity index (χ3n) is 2.87. The van der Waals surface area contributed by atoms with Crippen molar-refractivity contribution in [2.24, 2.45) is 11.8 Å². The average molecular weight is 158 g/mol. The van der Waals surface area contributed by atoms with Crippen molar-refractivity contribution < 1.29 is 4.39 Å². The Bertz CT molecular complexity index is 128. The Morgan fingerprint density at radius 3 is 2.45 bits per heavy atom. The van der Waals surface area contributed by atoms with E-state index in [0.29, 0.717) is 6.54 Å². The van der Waals surface area contributed by atoms with Gasteiger partial charge < -0.3 is 10.2 Å². The second-order valence-corrected chi connectivity index (χ2v) is 3.63. The van der Waals surface area contributed by atoms with Gasteiger partial charge in [0.15, 0.2) is 0 Å². The summed E-state index contributed by atoms with van der Waals surface area (Å²) in [4.78, 5) is 2.25. The largest absolute Gasteiger partial charge is 0.316 e. The summed E-state index contributed by atoms with van der Waals surface area (Å²) in [5.74, 6) is 1.61. The lowest BCUT2D eigenvalue weighted by Gasteiger charge is -2.13. The third-order valence-corrected chi connectivity index (χ3v) is 2.87. The monoisotopic (exact) mass is 158 g/mol. The van der Waals surface area contributed by atoms with Crippen LogP contribution in [0.25, 0.3) is 0 Å². The molecule has 0 spiro atoms. The molecule has 2 fully saturated rings. The van der Waals surface area contributed by atoms with Crippen molar-refractivity contribution in [3.63, 3.8) is 0 Å². The van der Waals surface area contributed by atoms with Crippen molar-refractivity contribution >= 4 is 0 Å². The van der Waals surface area contributed by atoms with Gasteiger partial charge in [0.1, 0.15) is 6.67 Å². The summed E-state index contributed by atoms with van der Waals surface area (Å²) in [6, 6.07) is 0. The maximum Gasteiger partial charge on any atom is 0.102 e. The first-order valence-corrected chi connectivity index (χ1v) is 4.39. The Morgan fingerprint density at radius 1 is 1.27 bits per heavy atom. The minimum atomic E-state index is -0.188. The molecule has 0 aromatic rings. The molecule has 2 aliphatic heterocycles. The summed E-state index contributed by atoms with van der Waals surface area (Å²) in [5.41, 5.74) is 0. The molecule has 0 bridgehead atoms. The van der Waals surface area contributed by atoms with E-state index in [4.69, 9.17) is 0 Å². The van der Waals surface area contributed by atoms with E-state index in [2.05, 4.69) is 10.2 Å². The fraction of sp³-hybridized carbons (Fsp3) is 1.00. The van der Waals surface area contributed by atoms with Gasteiger partial charge in [-0.3, -0.25) is 0 Å². The van der Waals surface area contributed by atoms with Gasteiger partial charge in [0.05, 0.1) is 0 Å². The quantitative estimate of drug-likeness (QED) is 0.613. The van der Waals surface area contributed by atoms with Crippen LogP contribution in [0.15, 0.2) is 0 Å². The van der Waals surface area contributed by atoms with Crippen LogP contribution in [0.3, 0.4) is 0 Å². The van der Waals surface area contributed by atoms with E-state index in [1.807, 2.05) is 0 Å². The molecule has 0 amide bonds. The molecule has 0 aromatic heterocycles. The first-order chi connectivity index (χ1) is 5.40. The highest BCUT2D eigenvalue weighted by atomic mass is 19.1. The summed E-state index contributed by atoms with van der Waals surface area (Å²) >= 11 is 0. The van der Waals surface area contributed by atoms with E-state index < -0.39 is 0 Å². The van der Waals surface area contributed by atoms with E-state index in [0.717, 1.165) is 38.0 Å². The first kappa shape index (κ1) is 7.50. The molecule has 1 N–H and O–H groups in total. The zero-order chi connectivity index (χ0) is 7.68. The van der Waals surface area contributed by atoms with Gasteiger partial charge in [0.2, 0.25) is 0 Å². The molecule has 0 radical (unpaired) electrons. The van der Waals surface area contributed by atoms with Crippen LogP contribution in [0.4, 0.5) is 4.39 Å². The number of likely N-dealkylation sites (tertiary alicyclic amines) is 1. The lowest BCUT2D eigenvalue weighted by molar-refractivity contribution is 0.279. The van der Waals surface area contributed by atoms with Gasteiger partial charge in [-0.2, -0.15) is 0 Å². The van der Waals surface area contributed by atoms with Crippen molar-refractivity contribution in [2.75, 3.05) is 39.4 Å². The van der Waals surface area contributed by atoms with E-state index in [1.54, 1.807) is 0 Å². The number of fused-ring (bicyclic) bond motifs is 1. The number of rotatable bonds is 2. The standard InChI is InChI=1S/C8H15FN2/c9-1-2-11-5-7-3-10-4-8(7)6-11/h7-8,10H,1-6H2. The molecule has 2 unspecified atom stereocenters. The van der Waals surface area contributed by atoms with E-state index in [1.165, 1.54) is 0 Å². The molecule has 3 heteroatoms. The Morgan fingerprint density at radius 2 is 1.91 bits per heavy atom. The molecule has 0 aliphatic carbocycles. The van der Waals surface area contributed by atoms with E-state index in [9.17, 15) is 4.39 Å². The smallest absolute Gasteiger partial charge is 0.102 e. The van der Waals surface area contributed by atoms with Crippen molar-refractivity contribution in [3.8, 4) is 0 Å². The van der Waals surface area contributed by atoms with E-state index in [-0.39, 0.29) is 6.67 Å². The third kappa shape index (κ3) is 1.40. The van der Waals surface area contributed by atoms with Gasteiger partial charge in [-0.1, -0.05) is 0 Å². The summed E-state index contributed by atoms with van der Waals surface area (Å²) in [7, 11) is 0. The lowest BCUT2D eigenvalue weighted by Crippen LogP contribution is -2.27. The van der Waals surface area contributed by atoms with Crippen LogP contribution < -0.4 is 5.32 Å². The topological polar surface area (TPSA) is 15.3 Å². The van der Waals surface area contributed by atoms with Crippen LogP contribution in [-0.4, -0.2) is 44.3 Å². The fourth-order valence-electron chi connectivity index (χ4n) is 2.25. The SMILES string of the molecule is FCCN1CC2CNCC2C1. The first-order valence-electron chi connectivity index (χ1n) is 4.39. The lowest BCUT2D eigenvalue weighted by atomic mass is 10.0. The number of alkyl halides is 1. The van der Waals surface area contributed by atoms with Gasteiger partial charge >= 0.3 is 0 Å². The molecular weight excluding hydrogens is 143 g/mol. The maximum absolute atomic E-state index is 12.0. The van der Waals surface area contributed by atoms with Crippen molar-refractivity contribution in [1.29, 1.82) is 0 Å². The normalized spacial score (nSPS) is 37.9. The number of hydrogen-bond donors (Lipinski definition) is 1. The Labute approximate surface area is 66.8 Å². The summed E-state index contributed by atoms with van der Waals surface area (Å²) in [5, 5.41) is 3.37. The van der Waals surface area contributed by atoms with Crippen LogP contribution in [0, 0.1) is 11.8 Å². The molecule has 0 saturated carbocycles. The zero-order valence-electron chi connectivity index (χ0n) is 6.72. The predicted octanol–water partition coefficient (Wildman–Crippen LogP) is 0.107. The van der Waals surface area contributed by atoms with Gasteiger partial charge in [0, 0.05) is 19.6 Å². The van der Waals surface area contributed by atoms with Crippen molar-refractivity contribution in [2.45, 2.75) is 0 Å². The van der Waals surface area contributed by atoms with Crippen molar-refractivity contribution in [3.05, 3.63) is 0 Å². The molecule has 2 nitrogen and oxygen atoms in total. The fourth-order valence-corrected chi connectivity index (χ4v) is 2.25. The molecule has 11 heavy (non-hydrogen) atoms. The molecule has 0 aromatic carbocycles. The Kier molecular flexibility index (Phi) is 2.09. The van der Waals surface area contributed by atoms with Gasteiger partial charge in [-0.15, -0.1) is 0 Å². The molecule has 2 saturated heterocycles. The molecule has 2 heterocycles. The zero-order valence-corrected chi connectivity index (χ0v) is 6.72. The Hall–Kier alpha value is -0.150. The van der Waals surface area contributed by atoms with Gasteiger partial charge in [-0.25, -0.2) is 4.39 Å². The number of nitrogens with zero attached hydrogens (tertiary/aromatic N) is 1. The van der Waals surface area contributed by atoms with Crippen LogP contribution in [0.1, 0.15) is 0 Å². The average Bonchev–Trinajstić information content (AvgIpc) is 2.46. The minimum Gasteiger partial charge on any atom is -0.316 e. The van der Waals surface area contributed by atoms with Crippen molar-refractivity contribution in [1.82, 2.24) is 10.2 Å². The molecular formula is C8H15FN2. The summed E-state index contributed by atoms with van der Waals surface area (Å²) < 4.78 is 12.0. The van der Waals surface area contributed by atoms with Crippen LogP contribution in [0.2, 0.25) is 0 Å². The highest BCUT2D eigenvalue weighted by Crippen LogP contribution is 2.25. The highest BCUT2D eigenvalue weighted by Gasteiger charge is 2.35. The van der Waals surface area contributed by atoms with Crippen LogP contribution in [-0.2, 0) is 0 Å². The summed E-state index contributed by atoms with van der Waals surface area (Å²) in [6.45, 7) is 4.98. The highest BCUT2D eigenvalue weighted by molar-refractivity contribution is 4.90. The second kappa shape index (κ2) is 3.07. The Balaban J connectivity index is 1.84. The van der Waals surface area contributed by atoms with E-state index >= 15 is 0 Å². The maximum atomic E-state index is 12.0. The second-order valence-electron chi connectivity index (χ2n) is 3.63.